The first kappa shape index (κ1) is 42.5. The molecule has 3 heterocycles. The minimum absolute atomic E-state index is 0.00486. The quantitative estimate of drug-likeness (QED) is 0.113. The smallest absolute Gasteiger partial charge is 0.333 e. The predicted octanol–water partition coefficient (Wildman–Crippen LogP) is 2.09. The fourth-order valence-electron chi connectivity index (χ4n) is 5.86. The molecule has 0 spiro atoms. The van der Waals surface area contributed by atoms with Gasteiger partial charge < -0.3 is 44.0 Å². The number of ether oxygens (including phenoxy) is 6. The van der Waals surface area contributed by atoms with E-state index in [1.54, 1.807) is 27.7 Å². The zero-order valence-corrected chi connectivity index (χ0v) is 30.2. The molecule has 0 aromatic heterocycles. The van der Waals surface area contributed by atoms with Crippen LogP contribution in [0.15, 0.2) is 12.2 Å². The van der Waals surface area contributed by atoms with Gasteiger partial charge in [-0.25, -0.2) is 14.4 Å². The van der Waals surface area contributed by atoms with E-state index >= 15 is 0 Å². The molecule has 17 nitrogen and oxygen atoms in total. The Kier molecular flexibility index (Phi) is 17.1. The van der Waals surface area contributed by atoms with E-state index in [1.807, 2.05) is 0 Å². The number of carbonyl (C=O) groups excluding carboxylic acids is 5. The molecule has 0 aromatic carbocycles. The van der Waals surface area contributed by atoms with Crippen LogP contribution in [0.5, 0.6) is 0 Å². The van der Waals surface area contributed by atoms with Gasteiger partial charge in [-0.15, -0.1) is 0 Å². The number of nitrogens with one attached hydrogen (secondary N) is 1. The molecule has 52 heavy (non-hydrogen) atoms. The molecule has 3 amide bonds. The van der Waals surface area contributed by atoms with E-state index < -0.39 is 84.6 Å². The molecule has 3 aliphatic heterocycles. The van der Waals surface area contributed by atoms with Crippen molar-refractivity contribution in [2.24, 2.45) is 11.8 Å². The molecular weight excluding hydrogens is 688 g/mol. The first-order valence-corrected chi connectivity index (χ1v) is 17.9. The number of hydrogen-bond acceptors (Lipinski definition) is 13. The fraction of sp³-hybridized carbons (Fsp3) is 0.743. The van der Waals surface area contributed by atoms with Gasteiger partial charge in [-0.3, -0.25) is 24.1 Å². The second-order valence-electron chi connectivity index (χ2n) is 13.8. The standard InChI is InChI=1S/C35H52N2O15/c1-20(2)31(33(42)43)51-29-11-5-8-22(49-29)18-47-28(41)16-13-24(36-25(38)10-7-17-37-26(39)14-15-27(37)40)35(46)48-19-23-9-6-12-30(50-23)52-32(21(3)4)34(44)45/h14-15,20-24,29-32H,5-13,16-19H2,1-4H3,(H,36,38)(H,42,43)(H,44,45). The lowest BCUT2D eigenvalue weighted by Gasteiger charge is -2.32. The summed E-state index contributed by atoms with van der Waals surface area (Å²) in [7, 11) is 0. The van der Waals surface area contributed by atoms with Gasteiger partial charge in [-0.05, 0) is 63.2 Å². The minimum Gasteiger partial charge on any atom is -0.479 e. The van der Waals surface area contributed by atoms with Crippen LogP contribution in [0.2, 0.25) is 0 Å². The number of carboxylic acids is 2. The number of carboxylic acid groups (broad SMARTS) is 2. The highest BCUT2D eigenvalue weighted by atomic mass is 16.7. The molecule has 17 heteroatoms. The molecule has 3 N–H and O–H groups in total. The summed E-state index contributed by atoms with van der Waals surface area (Å²) < 4.78 is 33.8. The number of rotatable bonds is 21. The normalized spacial score (nSPS) is 23.7. The molecule has 2 saturated heterocycles. The molecular formula is C35H52N2O15. The zero-order chi connectivity index (χ0) is 38.4. The maximum atomic E-state index is 13.2. The lowest BCUT2D eigenvalue weighted by Crippen LogP contribution is -2.44. The minimum atomic E-state index is -1.25. The Balaban J connectivity index is 1.53. The summed E-state index contributed by atoms with van der Waals surface area (Å²) in [6, 6.07) is -1.25. The highest BCUT2D eigenvalue weighted by molar-refractivity contribution is 6.12. The average molecular weight is 741 g/mol. The number of esters is 2. The number of carbonyl (C=O) groups is 7. The maximum absolute atomic E-state index is 13.2. The number of nitrogens with zero attached hydrogens (tertiary/aromatic N) is 1. The molecule has 0 saturated carbocycles. The molecule has 292 valence electrons. The van der Waals surface area contributed by atoms with Crippen LogP contribution in [0.3, 0.4) is 0 Å². The summed E-state index contributed by atoms with van der Waals surface area (Å²) in [5.41, 5.74) is 0. The fourth-order valence-corrected chi connectivity index (χ4v) is 5.86. The van der Waals surface area contributed by atoms with Crippen LogP contribution < -0.4 is 5.32 Å². The average Bonchev–Trinajstić information content (AvgIpc) is 3.41. The highest BCUT2D eigenvalue weighted by Gasteiger charge is 2.33. The van der Waals surface area contributed by atoms with Crippen LogP contribution in [-0.4, -0.2) is 120 Å². The summed E-state index contributed by atoms with van der Waals surface area (Å²) in [5, 5.41) is 21.5. The van der Waals surface area contributed by atoms with E-state index in [1.165, 1.54) is 0 Å². The van der Waals surface area contributed by atoms with Gasteiger partial charge in [0, 0.05) is 31.5 Å². The molecule has 0 aromatic rings. The third kappa shape index (κ3) is 13.9. The van der Waals surface area contributed by atoms with E-state index in [4.69, 9.17) is 28.4 Å². The van der Waals surface area contributed by atoms with Crippen molar-refractivity contribution in [1.29, 1.82) is 0 Å². The number of aliphatic carboxylic acids is 2. The van der Waals surface area contributed by atoms with Crippen molar-refractivity contribution < 1.29 is 72.2 Å². The molecule has 7 unspecified atom stereocenters. The molecule has 0 bridgehead atoms. The molecule has 7 atom stereocenters. The van der Waals surface area contributed by atoms with Crippen molar-refractivity contribution in [1.82, 2.24) is 10.2 Å². The van der Waals surface area contributed by atoms with E-state index in [0.717, 1.165) is 17.1 Å². The number of amides is 3. The summed E-state index contributed by atoms with van der Waals surface area (Å²) >= 11 is 0. The third-order valence-corrected chi connectivity index (χ3v) is 8.70. The Bertz CT molecular complexity index is 1280. The van der Waals surface area contributed by atoms with Crippen LogP contribution in [0, 0.1) is 11.8 Å². The number of hydrogen-bond donors (Lipinski definition) is 3. The van der Waals surface area contributed by atoms with Crippen LogP contribution >= 0.6 is 0 Å². The van der Waals surface area contributed by atoms with Crippen molar-refractivity contribution in [2.45, 2.75) is 135 Å². The van der Waals surface area contributed by atoms with Gasteiger partial charge in [-0.1, -0.05) is 27.7 Å². The molecule has 0 radical (unpaired) electrons. The monoisotopic (exact) mass is 740 g/mol. The van der Waals surface area contributed by atoms with Gasteiger partial charge in [0.2, 0.25) is 5.91 Å². The van der Waals surface area contributed by atoms with Gasteiger partial charge in [0.1, 0.15) is 19.3 Å². The zero-order valence-electron chi connectivity index (χ0n) is 30.2. The van der Waals surface area contributed by atoms with Gasteiger partial charge in [0.25, 0.3) is 11.8 Å². The SMILES string of the molecule is CC(C)C(OC1CCCC(COC(=O)CCC(NC(=O)CCCN2C(=O)C=CC2=O)C(=O)OCC2CCCC(OC(C(=O)O)C(C)C)O2)O1)C(=O)O. The Hall–Kier alpha value is -3.93. The Labute approximate surface area is 302 Å². The van der Waals surface area contributed by atoms with Crippen LogP contribution in [0.4, 0.5) is 0 Å². The summed E-state index contributed by atoms with van der Waals surface area (Å²) in [5.74, 6) is -5.82. The second-order valence-corrected chi connectivity index (χ2v) is 13.8. The van der Waals surface area contributed by atoms with E-state index in [2.05, 4.69) is 5.32 Å². The summed E-state index contributed by atoms with van der Waals surface area (Å²) in [4.78, 5) is 86.5. The molecule has 3 rings (SSSR count). The summed E-state index contributed by atoms with van der Waals surface area (Å²) in [6.45, 7) is 6.56. The van der Waals surface area contributed by atoms with Crippen molar-refractivity contribution in [3.63, 3.8) is 0 Å². The predicted molar refractivity (Wildman–Crippen MR) is 178 cm³/mol. The van der Waals surface area contributed by atoms with Crippen LogP contribution in [-0.2, 0) is 62.0 Å². The maximum Gasteiger partial charge on any atom is 0.333 e. The molecule has 2 fully saturated rings. The van der Waals surface area contributed by atoms with Gasteiger partial charge in [0.05, 0.1) is 12.2 Å². The molecule has 3 aliphatic rings. The van der Waals surface area contributed by atoms with E-state index in [9.17, 15) is 43.8 Å². The highest BCUT2D eigenvalue weighted by Crippen LogP contribution is 2.25. The van der Waals surface area contributed by atoms with Gasteiger partial charge in [-0.2, -0.15) is 0 Å². The van der Waals surface area contributed by atoms with Crippen molar-refractivity contribution in [3.8, 4) is 0 Å². The first-order chi connectivity index (χ1) is 24.6. The third-order valence-electron chi connectivity index (χ3n) is 8.70. The topological polar surface area (TPSA) is 231 Å². The Morgan fingerprint density at radius 3 is 1.77 bits per heavy atom. The van der Waals surface area contributed by atoms with Crippen molar-refractivity contribution >= 4 is 41.6 Å². The largest absolute Gasteiger partial charge is 0.479 e. The Morgan fingerprint density at radius 2 is 1.29 bits per heavy atom. The van der Waals surface area contributed by atoms with E-state index in [0.29, 0.717) is 38.5 Å². The Morgan fingerprint density at radius 1 is 0.788 bits per heavy atom. The second kappa shape index (κ2) is 20.9. The van der Waals surface area contributed by atoms with Crippen molar-refractivity contribution in [2.75, 3.05) is 19.8 Å². The lowest BCUT2D eigenvalue weighted by atomic mass is 10.1. The lowest BCUT2D eigenvalue weighted by molar-refractivity contribution is -0.232. The van der Waals surface area contributed by atoms with Crippen molar-refractivity contribution in [3.05, 3.63) is 12.2 Å². The van der Waals surface area contributed by atoms with Gasteiger partial charge in [0.15, 0.2) is 24.8 Å². The van der Waals surface area contributed by atoms with Crippen LogP contribution in [0.25, 0.3) is 0 Å². The van der Waals surface area contributed by atoms with Gasteiger partial charge >= 0.3 is 23.9 Å². The first-order valence-electron chi connectivity index (χ1n) is 17.9. The number of imide groups is 1. The van der Waals surface area contributed by atoms with E-state index in [-0.39, 0.29) is 57.3 Å². The summed E-state index contributed by atoms with van der Waals surface area (Å²) in [6.07, 6.45) is 0.374. The van der Waals surface area contributed by atoms with Crippen LogP contribution in [0.1, 0.15) is 91.9 Å². The molecule has 0 aliphatic carbocycles.